The molecular weight excluding hydrogens is 252 g/mol. The van der Waals surface area contributed by atoms with Crippen LogP contribution in [0, 0.1) is 11.6 Å². The van der Waals surface area contributed by atoms with Crippen molar-refractivity contribution in [3.05, 3.63) is 29.3 Å². The Morgan fingerprint density at radius 3 is 2.22 bits per heavy atom. The van der Waals surface area contributed by atoms with Gasteiger partial charge in [-0.05, 0) is 30.5 Å². The lowest BCUT2D eigenvalue weighted by Gasteiger charge is -2.19. The molecule has 1 aromatic carbocycles. The fraction of sp³-hybridized carbons (Fsp3) is 0.571. The number of hydrogen-bond acceptors (Lipinski definition) is 2. The van der Waals surface area contributed by atoms with Crippen molar-refractivity contribution in [2.75, 3.05) is 0 Å². The molecule has 0 saturated heterocycles. The molecule has 0 atom stereocenters. The summed E-state index contributed by atoms with van der Waals surface area (Å²) >= 11 is 1.23. The Kier molecular flexibility index (Phi) is 3.97. The molecule has 18 heavy (non-hydrogen) atoms. The highest BCUT2D eigenvalue weighted by molar-refractivity contribution is 8.00. The molecule has 1 nitrogen and oxygen atoms in total. The van der Waals surface area contributed by atoms with E-state index in [2.05, 4.69) is 5.32 Å². The predicted octanol–water partition coefficient (Wildman–Crippen LogP) is 4.11. The van der Waals surface area contributed by atoms with E-state index < -0.39 is 11.6 Å². The maximum absolute atomic E-state index is 13.9. The Labute approximate surface area is 111 Å². The molecule has 0 bridgehead atoms. The van der Waals surface area contributed by atoms with Crippen LogP contribution in [0.2, 0.25) is 0 Å². The van der Waals surface area contributed by atoms with Crippen LogP contribution in [0.15, 0.2) is 17.0 Å². The van der Waals surface area contributed by atoms with Gasteiger partial charge >= 0.3 is 0 Å². The first-order valence-electron chi connectivity index (χ1n) is 6.25. The first-order valence-corrected chi connectivity index (χ1v) is 7.07. The van der Waals surface area contributed by atoms with Crippen molar-refractivity contribution < 1.29 is 8.78 Å². The number of rotatable bonds is 4. The van der Waals surface area contributed by atoms with Crippen LogP contribution >= 0.6 is 11.8 Å². The SMILES string of the molecule is CC(C)(C)Sc1c(F)cc(CNC2CC2)cc1F. The minimum atomic E-state index is -0.456. The summed E-state index contributed by atoms with van der Waals surface area (Å²) in [5, 5.41) is 3.25. The molecule has 1 aromatic rings. The lowest BCUT2D eigenvalue weighted by molar-refractivity contribution is 0.532. The average Bonchev–Trinajstić information content (AvgIpc) is 3.03. The summed E-state index contributed by atoms with van der Waals surface area (Å²) in [6.45, 7) is 6.37. The Bertz CT molecular complexity index is 413. The highest BCUT2D eigenvalue weighted by atomic mass is 32.2. The van der Waals surface area contributed by atoms with Gasteiger partial charge in [0.1, 0.15) is 11.6 Å². The van der Waals surface area contributed by atoms with Gasteiger partial charge < -0.3 is 5.32 Å². The molecule has 100 valence electrons. The van der Waals surface area contributed by atoms with Crippen LogP contribution in [0.5, 0.6) is 0 Å². The molecule has 0 aromatic heterocycles. The first kappa shape index (κ1) is 13.8. The fourth-order valence-corrected chi connectivity index (χ4v) is 2.59. The van der Waals surface area contributed by atoms with Crippen LogP contribution in [-0.2, 0) is 6.54 Å². The van der Waals surface area contributed by atoms with Gasteiger partial charge in [0.2, 0.25) is 0 Å². The van der Waals surface area contributed by atoms with E-state index in [0.717, 1.165) is 0 Å². The van der Waals surface area contributed by atoms with Gasteiger partial charge in [-0.2, -0.15) is 0 Å². The molecule has 1 aliphatic rings. The van der Waals surface area contributed by atoms with Gasteiger partial charge in [0.05, 0.1) is 4.90 Å². The molecule has 0 unspecified atom stereocenters. The molecule has 1 aliphatic carbocycles. The molecule has 0 heterocycles. The first-order chi connectivity index (χ1) is 8.35. The molecule has 1 N–H and O–H groups in total. The van der Waals surface area contributed by atoms with Crippen LogP contribution in [0.3, 0.4) is 0 Å². The second-order valence-corrected chi connectivity index (χ2v) is 7.60. The summed E-state index contributed by atoms with van der Waals surface area (Å²) in [4.78, 5) is 0.123. The zero-order chi connectivity index (χ0) is 13.3. The van der Waals surface area contributed by atoms with E-state index in [1.54, 1.807) is 0 Å². The Balaban J connectivity index is 2.11. The van der Waals surface area contributed by atoms with Crippen molar-refractivity contribution >= 4 is 11.8 Å². The highest BCUT2D eigenvalue weighted by Crippen LogP contribution is 2.35. The van der Waals surface area contributed by atoms with E-state index in [9.17, 15) is 8.78 Å². The third-order valence-corrected chi connectivity index (χ3v) is 3.85. The van der Waals surface area contributed by atoms with Gasteiger partial charge in [-0.1, -0.05) is 20.8 Å². The van der Waals surface area contributed by atoms with E-state index in [-0.39, 0.29) is 9.64 Å². The van der Waals surface area contributed by atoms with Gasteiger partial charge in [0.25, 0.3) is 0 Å². The third-order valence-electron chi connectivity index (χ3n) is 2.64. The molecule has 0 spiro atoms. The van der Waals surface area contributed by atoms with Gasteiger partial charge in [-0.25, -0.2) is 8.78 Å². The number of halogens is 2. The maximum atomic E-state index is 13.9. The lowest BCUT2D eigenvalue weighted by atomic mass is 10.2. The zero-order valence-electron chi connectivity index (χ0n) is 11.0. The van der Waals surface area contributed by atoms with Gasteiger partial charge in [-0.3, -0.25) is 0 Å². The average molecular weight is 271 g/mol. The van der Waals surface area contributed by atoms with E-state index in [0.29, 0.717) is 18.2 Å². The van der Waals surface area contributed by atoms with Crippen molar-refractivity contribution in [2.45, 2.75) is 55.8 Å². The lowest BCUT2D eigenvalue weighted by Crippen LogP contribution is -2.16. The van der Waals surface area contributed by atoms with Gasteiger partial charge in [0, 0.05) is 17.3 Å². The number of nitrogens with one attached hydrogen (secondary N) is 1. The predicted molar refractivity (Wildman–Crippen MR) is 71.8 cm³/mol. The number of thioether (sulfide) groups is 1. The summed E-state index contributed by atoms with van der Waals surface area (Å²) < 4.78 is 27.6. The van der Waals surface area contributed by atoms with E-state index in [4.69, 9.17) is 0 Å². The summed E-state index contributed by atoms with van der Waals surface area (Å²) in [6.07, 6.45) is 2.34. The van der Waals surface area contributed by atoms with Crippen LogP contribution in [-0.4, -0.2) is 10.8 Å². The van der Waals surface area contributed by atoms with Crippen molar-refractivity contribution in [3.63, 3.8) is 0 Å². The summed E-state index contributed by atoms with van der Waals surface area (Å²) in [5.41, 5.74) is 0.676. The minimum Gasteiger partial charge on any atom is -0.310 e. The molecule has 2 rings (SSSR count). The van der Waals surface area contributed by atoms with E-state index in [1.807, 2.05) is 20.8 Å². The van der Waals surface area contributed by atoms with Gasteiger partial charge in [0.15, 0.2) is 0 Å². The number of benzene rings is 1. The zero-order valence-corrected chi connectivity index (χ0v) is 11.8. The Morgan fingerprint density at radius 2 is 1.78 bits per heavy atom. The van der Waals surface area contributed by atoms with Crippen LogP contribution < -0.4 is 5.32 Å². The largest absolute Gasteiger partial charge is 0.310 e. The molecule has 0 aliphatic heterocycles. The fourth-order valence-electron chi connectivity index (χ4n) is 1.67. The third kappa shape index (κ3) is 3.95. The second-order valence-electron chi connectivity index (χ2n) is 5.76. The van der Waals surface area contributed by atoms with Crippen molar-refractivity contribution in [1.82, 2.24) is 5.32 Å². The molecular formula is C14H19F2NS. The van der Waals surface area contributed by atoms with Crippen LogP contribution in [0.25, 0.3) is 0 Å². The van der Waals surface area contributed by atoms with Crippen LogP contribution in [0.4, 0.5) is 8.78 Å². The van der Waals surface area contributed by atoms with Gasteiger partial charge in [-0.15, -0.1) is 11.8 Å². The van der Waals surface area contributed by atoms with Crippen molar-refractivity contribution in [1.29, 1.82) is 0 Å². The second kappa shape index (κ2) is 5.17. The van der Waals surface area contributed by atoms with Crippen molar-refractivity contribution in [2.24, 2.45) is 0 Å². The Hall–Kier alpha value is -0.610. The molecule has 0 amide bonds. The molecule has 0 radical (unpaired) electrons. The molecule has 1 fully saturated rings. The summed E-state index contributed by atoms with van der Waals surface area (Å²) in [5.74, 6) is -0.912. The monoisotopic (exact) mass is 271 g/mol. The number of hydrogen-bond donors (Lipinski definition) is 1. The topological polar surface area (TPSA) is 12.0 Å². The van der Waals surface area contributed by atoms with E-state index >= 15 is 0 Å². The van der Waals surface area contributed by atoms with E-state index in [1.165, 1.54) is 36.7 Å². The minimum absolute atomic E-state index is 0.123. The maximum Gasteiger partial charge on any atom is 0.140 e. The standard InChI is InChI=1S/C14H19F2NS/c1-14(2,3)18-13-11(15)6-9(7-12(13)16)8-17-10-4-5-10/h6-7,10,17H,4-5,8H2,1-3H3. The van der Waals surface area contributed by atoms with Crippen molar-refractivity contribution in [3.8, 4) is 0 Å². The summed E-state index contributed by atoms with van der Waals surface area (Å²) in [7, 11) is 0. The summed E-state index contributed by atoms with van der Waals surface area (Å²) in [6, 6.07) is 3.42. The normalized spacial score (nSPS) is 16.1. The Morgan fingerprint density at radius 1 is 1.22 bits per heavy atom. The molecule has 1 saturated carbocycles. The highest BCUT2D eigenvalue weighted by Gasteiger charge is 2.22. The molecule has 4 heteroatoms. The quantitative estimate of drug-likeness (QED) is 0.827. The smallest absolute Gasteiger partial charge is 0.140 e. The van der Waals surface area contributed by atoms with Crippen LogP contribution in [0.1, 0.15) is 39.2 Å².